The highest BCUT2D eigenvalue weighted by Crippen LogP contribution is 2.29. The van der Waals surface area contributed by atoms with Crippen molar-refractivity contribution in [1.82, 2.24) is 9.66 Å². The number of aliphatic carboxylic acids is 2. The first kappa shape index (κ1) is 22.8. The first-order valence-corrected chi connectivity index (χ1v) is 10.3. The molecule has 0 atom stereocenters. The molecule has 0 amide bonds. The Kier molecular flexibility index (Phi) is 7.46. The SMILES string of the molecule is CCCN(c1ccnc2cc(Cl)ccc12)n1ccc2ccccc21.O=C(O)/C=C/C(=O)O. The summed E-state index contributed by atoms with van der Waals surface area (Å²) in [5.41, 5.74) is 3.25. The molecular formula is C24H22ClN3O4. The van der Waals surface area contributed by atoms with Crippen molar-refractivity contribution in [2.45, 2.75) is 13.3 Å². The van der Waals surface area contributed by atoms with Crippen molar-refractivity contribution >= 4 is 51.0 Å². The summed E-state index contributed by atoms with van der Waals surface area (Å²) in [6, 6.07) is 18.5. The highest BCUT2D eigenvalue weighted by atomic mass is 35.5. The number of hydrogen-bond donors (Lipinski definition) is 2. The summed E-state index contributed by atoms with van der Waals surface area (Å²) in [6.07, 6.45) is 6.14. The van der Waals surface area contributed by atoms with Gasteiger partial charge in [0.1, 0.15) is 0 Å². The van der Waals surface area contributed by atoms with E-state index in [1.807, 2.05) is 24.4 Å². The van der Waals surface area contributed by atoms with Gasteiger partial charge in [0.15, 0.2) is 0 Å². The van der Waals surface area contributed by atoms with Gasteiger partial charge in [0.25, 0.3) is 0 Å². The van der Waals surface area contributed by atoms with Crippen LogP contribution >= 0.6 is 11.6 Å². The van der Waals surface area contributed by atoms with Crippen LogP contribution in [-0.4, -0.2) is 38.4 Å². The molecule has 164 valence electrons. The summed E-state index contributed by atoms with van der Waals surface area (Å²) in [5.74, 6) is -2.51. The zero-order valence-corrected chi connectivity index (χ0v) is 18.1. The normalized spacial score (nSPS) is 10.8. The molecule has 0 radical (unpaired) electrons. The molecule has 0 aliphatic heterocycles. The van der Waals surface area contributed by atoms with Crippen LogP contribution in [0.2, 0.25) is 5.02 Å². The molecule has 2 aromatic carbocycles. The van der Waals surface area contributed by atoms with E-state index in [9.17, 15) is 9.59 Å². The summed E-state index contributed by atoms with van der Waals surface area (Å²) in [7, 11) is 0. The van der Waals surface area contributed by atoms with E-state index in [1.165, 1.54) is 10.9 Å². The number of rotatable bonds is 6. The lowest BCUT2D eigenvalue weighted by Crippen LogP contribution is -2.29. The second-order valence-corrected chi connectivity index (χ2v) is 7.28. The molecule has 0 aliphatic rings. The Bertz CT molecular complexity index is 1270. The van der Waals surface area contributed by atoms with Crippen LogP contribution in [0.4, 0.5) is 5.69 Å². The van der Waals surface area contributed by atoms with Gasteiger partial charge in [-0.05, 0) is 42.8 Å². The number of hydrogen-bond acceptors (Lipinski definition) is 4. The standard InChI is InChI=1S/C20H18ClN3.C4H4O4/c1-2-12-23(24-13-10-15-5-3-4-6-19(15)24)20-9-11-22-18-14-16(21)7-8-17(18)20;5-3(6)1-2-4(7)8/h3-11,13-14H,2,12H2,1H3;1-2H,(H,5,6)(H,7,8)/b;2-1+. The molecule has 2 heterocycles. The van der Waals surface area contributed by atoms with Gasteiger partial charge in [-0.25, -0.2) is 9.59 Å². The number of halogens is 1. The van der Waals surface area contributed by atoms with Gasteiger partial charge in [-0.2, -0.15) is 0 Å². The Morgan fingerprint density at radius 1 is 1.06 bits per heavy atom. The molecule has 7 nitrogen and oxygen atoms in total. The van der Waals surface area contributed by atoms with Gasteiger partial charge in [-0.3, -0.25) is 14.7 Å². The van der Waals surface area contributed by atoms with Crippen molar-refractivity contribution < 1.29 is 19.8 Å². The predicted octanol–water partition coefficient (Wildman–Crippen LogP) is 5.23. The number of carbonyl (C=O) groups is 2. The van der Waals surface area contributed by atoms with E-state index in [0.29, 0.717) is 17.2 Å². The molecular weight excluding hydrogens is 430 g/mol. The van der Waals surface area contributed by atoms with Gasteiger partial charge in [0.2, 0.25) is 0 Å². The van der Waals surface area contributed by atoms with Crippen LogP contribution in [-0.2, 0) is 9.59 Å². The fourth-order valence-corrected chi connectivity index (χ4v) is 3.48. The van der Waals surface area contributed by atoms with Crippen LogP contribution in [0, 0.1) is 0 Å². The molecule has 4 aromatic rings. The van der Waals surface area contributed by atoms with E-state index < -0.39 is 11.9 Å². The molecule has 8 heteroatoms. The number of aromatic nitrogens is 2. The lowest BCUT2D eigenvalue weighted by Gasteiger charge is -2.27. The number of para-hydroxylation sites is 1. The van der Waals surface area contributed by atoms with Crippen LogP contribution in [0.5, 0.6) is 0 Å². The van der Waals surface area contributed by atoms with Gasteiger partial charge in [-0.15, -0.1) is 0 Å². The largest absolute Gasteiger partial charge is 0.478 e. The minimum absolute atomic E-state index is 0.558. The number of nitrogens with zero attached hydrogens (tertiary/aromatic N) is 3. The third-order valence-corrected chi connectivity index (χ3v) is 4.84. The molecule has 0 spiro atoms. The fourth-order valence-electron chi connectivity index (χ4n) is 3.31. The minimum Gasteiger partial charge on any atom is -0.478 e. The predicted molar refractivity (Wildman–Crippen MR) is 126 cm³/mol. The lowest BCUT2D eigenvalue weighted by atomic mass is 10.2. The Morgan fingerprint density at radius 3 is 2.47 bits per heavy atom. The van der Waals surface area contributed by atoms with Crippen molar-refractivity contribution in [3.63, 3.8) is 0 Å². The number of carboxylic acid groups (broad SMARTS) is 2. The quantitative estimate of drug-likeness (QED) is 0.389. The maximum Gasteiger partial charge on any atom is 0.328 e. The van der Waals surface area contributed by atoms with Crippen molar-refractivity contribution in [3.8, 4) is 0 Å². The van der Waals surface area contributed by atoms with E-state index in [4.69, 9.17) is 21.8 Å². The van der Waals surface area contributed by atoms with E-state index in [2.05, 4.69) is 64.2 Å². The molecule has 0 saturated heterocycles. The van der Waals surface area contributed by atoms with Gasteiger partial charge in [0, 0.05) is 46.9 Å². The second kappa shape index (κ2) is 10.5. The van der Waals surface area contributed by atoms with Crippen molar-refractivity contribution in [1.29, 1.82) is 0 Å². The maximum absolute atomic E-state index is 9.55. The third kappa shape index (κ3) is 5.44. The molecule has 2 N–H and O–H groups in total. The second-order valence-electron chi connectivity index (χ2n) is 6.84. The molecule has 0 aliphatic carbocycles. The molecule has 4 rings (SSSR count). The van der Waals surface area contributed by atoms with E-state index in [0.717, 1.165) is 29.6 Å². The van der Waals surface area contributed by atoms with E-state index in [-0.39, 0.29) is 0 Å². The third-order valence-electron chi connectivity index (χ3n) is 4.60. The average Bonchev–Trinajstić information content (AvgIpc) is 3.20. The van der Waals surface area contributed by atoms with Gasteiger partial charge in [0.05, 0.1) is 16.7 Å². The van der Waals surface area contributed by atoms with Gasteiger partial charge in [-0.1, -0.05) is 36.7 Å². The number of fused-ring (bicyclic) bond motifs is 2. The van der Waals surface area contributed by atoms with E-state index >= 15 is 0 Å². The monoisotopic (exact) mass is 451 g/mol. The number of benzene rings is 2. The summed E-state index contributed by atoms with van der Waals surface area (Å²) in [5, 5.41) is 21.0. The topological polar surface area (TPSA) is 95.7 Å². The van der Waals surface area contributed by atoms with Crippen LogP contribution in [0.1, 0.15) is 13.3 Å². The number of carboxylic acids is 2. The number of anilines is 1. The van der Waals surface area contributed by atoms with Crippen molar-refractivity contribution in [2.24, 2.45) is 0 Å². The molecule has 0 fully saturated rings. The Hall–Kier alpha value is -3.84. The highest BCUT2D eigenvalue weighted by molar-refractivity contribution is 6.31. The molecule has 0 bridgehead atoms. The first-order chi connectivity index (χ1) is 15.4. The molecule has 32 heavy (non-hydrogen) atoms. The zero-order valence-electron chi connectivity index (χ0n) is 17.4. The van der Waals surface area contributed by atoms with Crippen molar-refractivity contribution in [3.05, 3.63) is 84.2 Å². The van der Waals surface area contributed by atoms with Crippen molar-refractivity contribution in [2.75, 3.05) is 11.6 Å². The maximum atomic E-state index is 9.55. The molecule has 0 saturated carbocycles. The summed E-state index contributed by atoms with van der Waals surface area (Å²) >= 11 is 6.13. The Balaban J connectivity index is 0.000000312. The smallest absolute Gasteiger partial charge is 0.328 e. The zero-order chi connectivity index (χ0) is 23.1. The summed E-state index contributed by atoms with van der Waals surface area (Å²) in [6.45, 7) is 3.11. The van der Waals surface area contributed by atoms with Crippen LogP contribution in [0.25, 0.3) is 21.8 Å². The van der Waals surface area contributed by atoms with E-state index in [1.54, 1.807) is 0 Å². The lowest BCUT2D eigenvalue weighted by molar-refractivity contribution is -0.134. The fraction of sp³-hybridized carbons (Fsp3) is 0.125. The highest BCUT2D eigenvalue weighted by Gasteiger charge is 2.14. The molecule has 2 aromatic heterocycles. The van der Waals surface area contributed by atoms with Crippen LogP contribution in [0.15, 0.2) is 79.1 Å². The molecule has 0 unspecified atom stereocenters. The number of pyridine rings is 1. The Morgan fingerprint density at radius 2 is 1.78 bits per heavy atom. The first-order valence-electron chi connectivity index (χ1n) is 9.93. The Labute approximate surface area is 189 Å². The minimum atomic E-state index is -1.26. The van der Waals surface area contributed by atoms with Gasteiger partial charge < -0.3 is 10.2 Å². The summed E-state index contributed by atoms with van der Waals surface area (Å²) in [4.78, 5) is 23.6. The van der Waals surface area contributed by atoms with Crippen LogP contribution < -0.4 is 5.01 Å². The van der Waals surface area contributed by atoms with Crippen LogP contribution in [0.3, 0.4) is 0 Å². The summed E-state index contributed by atoms with van der Waals surface area (Å²) < 4.78 is 2.22. The van der Waals surface area contributed by atoms with Gasteiger partial charge >= 0.3 is 11.9 Å². The average molecular weight is 452 g/mol.